The number of hydrogen-bond acceptors (Lipinski definition) is 2. The Kier molecular flexibility index (Phi) is 4.34. The van der Waals surface area contributed by atoms with Gasteiger partial charge in [-0.15, -0.1) is 0 Å². The highest BCUT2D eigenvalue weighted by atomic mass is 79.9. The van der Waals surface area contributed by atoms with Crippen LogP contribution in [-0.4, -0.2) is 5.84 Å². The van der Waals surface area contributed by atoms with Gasteiger partial charge in [0.1, 0.15) is 29.8 Å². The van der Waals surface area contributed by atoms with Gasteiger partial charge in [0.25, 0.3) is 0 Å². The molecule has 0 aliphatic carbocycles. The summed E-state index contributed by atoms with van der Waals surface area (Å²) in [4.78, 5) is 0. The van der Waals surface area contributed by atoms with E-state index in [-0.39, 0.29) is 22.5 Å². The highest BCUT2D eigenvalue weighted by Gasteiger charge is 2.14. The van der Waals surface area contributed by atoms with Crippen molar-refractivity contribution >= 4 is 21.8 Å². The molecule has 0 aliphatic heterocycles. The Bertz CT molecular complexity index is 662. The van der Waals surface area contributed by atoms with Gasteiger partial charge in [0.05, 0.1) is 15.6 Å². The van der Waals surface area contributed by atoms with Gasteiger partial charge >= 0.3 is 0 Å². The fraction of sp³-hybridized carbons (Fsp3) is 0.0714. The standard InChI is InChI=1S/C14H11BrF2N2O/c15-10-5-6-11(16)9(13(10)17)7-20-12-4-2-1-3-8(12)14(18)19/h1-6H,7H2,(H3,18,19). The van der Waals surface area contributed by atoms with Crippen LogP contribution in [0.5, 0.6) is 5.75 Å². The summed E-state index contributed by atoms with van der Waals surface area (Å²) in [6.45, 7) is -0.290. The van der Waals surface area contributed by atoms with Crippen molar-refractivity contribution in [2.24, 2.45) is 5.73 Å². The molecule has 0 saturated heterocycles. The van der Waals surface area contributed by atoms with Crippen LogP contribution in [0.2, 0.25) is 0 Å². The monoisotopic (exact) mass is 340 g/mol. The lowest BCUT2D eigenvalue weighted by Gasteiger charge is -2.12. The molecule has 3 nitrogen and oxygen atoms in total. The number of halogens is 3. The molecule has 20 heavy (non-hydrogen) atoms. The molecular formula is C14H11BrF2N2O. The van der Waals surface area contributed by atoms with Gasteiger partial charge in [-0.05, 0) is 40.2 Å². The van der Waals surface area contributed by atoms with Gasteiger partial charge in [0.15, 0.2) is 0 Å². The normalized spacial score (nSPS) is 10.3. The van der Waals surface area contributed by atoms with Crippen molar-refractivity contribution in [2.75, 3.05) is 0 Å². The molecule has 2 aromatic carbocycles. The first-order chi connectivity index (χ1) is 9.50. The van der Waals surface area contributed by atoms with Crippen LogP contribution in [-0.2, 0) is 6.61 Å². The van der Waals surface area contributed by atoms with Crippen LogP contribution in [0, 0.1) is 17.0 Å². The topological polar surface area (TPSA) is 59.1 Å². The van der Waals surface area contributed by atoms with E-state index >= 15 is 0 Å². The zero-order chi connectivity index (χ0) is 14.7. The number of ether oxygens (including phenoxy) is 1. The Hall–Kier alpha value is -1.95. The van der Waals surface area contributed by atoms with Crippen molar-refractivity contribution in [1.29, 1.82) is 5.41 Å². The summed E-state index contributed by atoms with van der Waals surface area (Å²) in [6, 6.07) is 9.02. The molecule has 6 heteroatoms. The van der Waals surface area contributed by atoms with Crippen molar-refractivity contribution in [3.05, 3.63) is 63.6 Å². The number of nitrogens with one attached hydrogen (secondary N) is 1. The zero-order valence-electron chi connectivity index (χ0n) is 10.3. The highest BCUT2D eigenvalue weighted by molar-refractivity contribution is 9.10. The molecule has 0 spiro atoms. The Morgan fingerprint density at radius 3 is 2.60 bits per heavy atom. The zero-order valence-corrected chi connectivity index (χ0v) is 11.9. The van der Waals surface area contributed by atoms with Gasteiger partial charge in [0.2, 0.25) is 0 Å². The second-order valence-electron chi connectivity index (χ2n) is 4.02. The molecule has 0 saturated carbocycles. The predicted octanol–water partition coefficient (Wildman–Crippen LogP) is 3.59. The van der Waals surface area contributed by atoms with Crippen LogP contribution < -0.4 is 10.5 Å². The van der Waals surface area contributed by atoms with E-state index in [4.69, 9.17) is 15.9 Å². The summed E-state index contributed by atoms with van der Waals surface area (Å²) in [5, 5.41) is 7.42. The van der Waals surface area contributed by atoms with Crippen molar-refractivity contribution < 1.29 is 13.5 Å². The van der Waals surface area contributed by atoms with Crippen molar-refractivity contribution in [3.8, 4) is 5.75 Å². The van der Waals surface area contributed by atoms with E-state index in [2.05, 4.69) is 15.9 Å². The number of amidine groups is 1. The number of benzene rings is 2. The number of hydrogen-bond donors (Lipinski definition) is 2. The van der Waals surface area contributed by atoms with Crippen LogP contribution in [0.1, 0.15) is 11.1 Å². The first-order valence-electron chi connectivity index (χ1n) is 5.69. The molecule has 2 aromatic rings. The minimum atomic E-state index is -0.703. The molecule has 0 unspecified atom stereocenters. The Labute approximate surface area is 123 Å². The number of rotatable bonds is 4. The van der Waals surface area contributed by atoms with Crippen LogP contribution in [0.3, 0.4) is 0 Å². The Morgan fingerprint density at radius 2 is 1.90 bits per heavy atom. The number of nitrogens with two attached hydrogens (primary N) is 1. The van der Waals surface area contributed by atoms with E-state index in [0.717, 1.165) is 6.07 Å². The van der Waals surface area contributed by atoms with Gasteiger partial charge in [-0.2, -0.15) is 0 Å². The molecule has 0 fully saturated rings. The molecule has 0 aromatic heterocycles. The third-order valence-electron chi connectivity index (χ3n) is 2.69. The molecule has 0 radical (unpaired) electrons. The SMILES string of the molecule is N=C(N)c1ccccc1OCc1c(F)ccc(Br)c1F. The minimum Gasteiger partial charge on any atom is -0.488 e. The maximum absolute atomic E-state index is 13.8. The van der Waals surface area contributed by atoms with Crippen molar-refractivity contribution in [2.45, 2.75) is 6.61 Å². The second-order valence-corrected chi connectivity index (χ2v) is 4.87. The van der Waals surface area contributed by atoms with Crippen molar-refractivity contribution in [1.82, 2.24) is 0 Å². The average Bonchev–Trinajstić information content (AvgIpc) is 2.43. The van der Waals surface area contributed by atoms with Gasteiger partial charge < -0.3 is 10.5 Å². The molecule has 0 atom stereocenters. The van der Waals surface area contributed by atoms with Gasteiger partial charge in [-0.1, -0.05) is 12.1 Å². The van der Waals surface area contributed by atoms with E-state index in [0.29, 0.717) is 11.3 Å². The predicted molar refractivity (Wildman–Crippen MR) is 75.8 cm³/mol. The minimum absolute atomic E-state index is 0.164. The average molecular weight is 341 g/mol. The summed E-state index contributed by atoms with van der Waals surface area (Å²) < 4.78 is 32.9. The van der Waals surface area contributed by atoms with E-state index in [1.807, 2.05) is 0 Å². The summed E-state index contributed by atoms with van der Waals surface area (Å²) in [7, 11) is 0. The molecule has 3 N–H and O–H groups in total. The lowest BCUT2D eigenvalue weighted by Crippen LogP contribution is -2.13. The maximum atomic E-state index is 13.8. The second kappa shape index (κ2) is 6.00. The molecule has 104 valence electrons. The first kappa shape index (κ1) is 14.5. The van der Waals surface area contributed by atoms with Gasteiger partial charge in [-0.3, -0.25) is 5.41 Å². The van der Waals surface area contributed by atoms with Crippen LogP contribution in [0.15, 0.2) is 40.9 Å². The molecule has 0 bridgehead atoms. The van der Waals surface area contributed by atoms with E-state index in [1.54, 1.807) is 24.3 Å². The van der Waals surface area contributed by atoms with Crippen LogP contribution in [0.4, 0.5) is 8.78 Å². The molecule has 0 aliphatic rings. The summed E-state index contributed by atoms with van der Waals surface area (Å²) in [5.41, 5.74) is 5.61. The van der Waals surface area contributed by atoms with Gasteiger partial charge in [-0.25, -0.2) is 8.78 Å². The molecule has 2 rings (SSSR count). The quantitative estimate of drug-likeness (QED) is 0.507. The third-order valence-corrected chi connectivity index (χ3v) is 3.30. The van der Waals surface area contributed by atoms with E-state index in [1.165, 1.54) is 6.07 Å². The summed E-state index contributed by atoms with van der Waals surface area (Å²) in [5.74, 6) is -1.26. The highest BCUT2D eigenvalue weighted by Crippen LogP contribution is 2.24. The fourth-order valence-electron chi connectivity index (χ4n) is 1.67. The van der Waals surface area contributed by atoms with Gasteiger partial charge in [0, 0.05) is 0 Å². The number of para-hydroxylation sites is 1. The smallest absolute Gasteiger partial charge is 0.146 e. The first-order valence-corrected chi connectivity index (χ1v) is 6.48. The van der Waals surface area contributed by atoms with E-state index in [9.17, 15) is 8.78 Å². The Balaban J connectivity index is 2.26. The summed E-state index contributed by atoms with van der Waals surface area (Å²) in [6.07, 6.45) is 0. The maximum Gasteiger partial charge on any atom is 0.146 e. The summed E-state index contributed by atoms with van der Waals surface area (Å²) >= 11 is 2.99. The van der Waals surface area contributed by atoms with Crippen LogP contribution >= 0.6 is 15.9 Å². The lowest BCUT2D eigenvalue weighted by molar-refractivity contribution is 0.291. The fourth-order valence-corrected chi connectivity index (χ4v) is 2.04. The molecular weight excluding hydrogens is 330 g/mol. The third kappa shape index (κ3) is 2.96. The molecule has 0 heterocycles. The van der Waals surface area contributed by atoms with E-state index < -0.39 is 11.6 Å². The number of nitrogen functional groups attached to an aromatic ring is 1. The van der Waals surface area contributed by atoms with Crippen LogP contribution in [0.25, 0.3) is 0 Å². The molecule has 0 amide bonds. The largest absolute Gasteiger partial charge is 0.488 e. The lowest BCUT2D eigenvalue weighted by atomic mass is 10.2. The van der Waals surface area contributed by atoms with Crippen molar-refractivity contribution in [3.63, 3.8) is 0 Å². The Morgan fingerprint density at radius 1 is 1.20 bits per heavy atom.